The minimum atomic E-state index is -0.232. The molecule has 6 nitrogen and oxygen atoms in total. The molecule has 0 radical (unpaired) electrons. The number of ether oxygens (including phenoxy) is 4. The van der Waals surface area contributed by atoms with Gasteiger partial charge < -0.3 is 24.3 Å². The van der Waals surface area contributed by atoms with Gasteiger partial charge in [0.1, 0.15) is 0 Å². The van der Waals surface area contributed by atoms with E-state index in [9.17, 15) is 4.79 Å². The van der Waals surface area contributed by atoms with Gasteiger partial charge in [0, 0.05) is 23.9 Å². The van der Waals surface area contributed by atoms with Crippen LogP contribution in [0.3, 0.4) is 0 Å². The number of benzene rings is 1. The third-order valence-electron chi connectivity index (χ3n) is 2.86. The number of esters is 1. The fraction of sp³-hybridized carbons (Fsp3) is 0.533. The molecule has 0 saturated heterocycles. The van der Waals surface area contributed by atoms with E-state index in [1.165, 1.54) is 0 Å². The van der Waals surface area contributed by atoms with E-state index in [1.807, 2.05) is 6.92 Å². The first-order valence-electron chi connectivity index (χ1n) is 6.77. The summed E-state index contributed by atoms with van der Waals surface area (Å²) >= 11 is 0. The van der Waals surface area contributed by atoms with Crippen molar-refractivity contribution in [2.45, 2.75) is 26.3 Å². The number of hydrogen-bond acceptors (Lipinski definition) is 6. The Balaban J connectivity index is 2.86. The molecule has 1 rings (SSSR count). The molecule has 21 heavy (non-hydrogen) atoms. The molecule has 0 fully saturated rings. The van der Waals surface area contributed by atoms with Gasteiger partial charge in [-0.1, -0.05) is 0 Å². The molecule has 0 aromatic heterocycles. The van der Waals surface area contributed by atoms with Crippen LogP contribution in [0.25, 0.3) is 0 Å². The number of carbonyl (C=O) groups is 1. The number of hydrogen-bond donors (Lipinski definition) is 1. The second-order valence-corrected chi connectivity index (χ2v) is 4.47. The van der Waals surface area contributed by atoms with E-state index in [4.69, 9.17) is 18.9 Å². The Morgan fingerprint density at radius 3 is 2.14 bits per heavy atom. The first-order chi connectivity index (χ1) is 10.0. The normalized spacial score (nSPS) is 11.5. The Morgan fingerprint density at radius 2 is 1.71 bits per heavy atom. The lowest BCUT2D eigenvalue weighted by molar-refractivity contribution is -0.143. The third kappa shape index (κ3) is 4.73. The van der Waals surface area contributed by atoms with Crippen molar-refractivity contribution in [1.82, 2.24) is 0 Å². The van der Waals surface area contributed by atoms with Crippen molar-refractivity contribution in [3.05, 3.63) is 12.1 Å². The largest absolute Gasteiger partial charge is 0.493 e. The van der Waals surface area contributed by atoms with Crippen LogP contribution in [0.15, 0.2) is 12.1 Å². The Morgan fingerprint density at radius 1 is 1.14 bits per heavy atom. The summed E-state index contributed by atoms with van der Waals surface area (Å²) in [5.41, 5.74) is 0.779. The third-order valence-corrected chi connectivity index (χ3v) is 2.86. The second kappa shape index (κ2) is 8.24. The first-order valence-corrected chi connectivity index (χ1v) is 6.77. The number of methoxy groups -OCH3 is 3. The highest BCUT2D eigenvalue weighted by molar-refractivity contribution is 5.71. The zero-order valence-electron chi connectivity index (χ0n) is 13.2. The molecule has 0 amide bonds. The first kappa shape index (κ1) is 16.9. The summed E-state index contributed by atoms with van der Waals surface area (Å²) in [7, 11) is 4.67. The highest BCUT2D eigenvalue weighted by atomic mass is 16.5. The van der Waals surface area contributed by atoms with Gasteiger partial charge in [0.25, 0.3) is 0 Å². The molecule has 1 unspecified atom stereocenters. The van der Waals surface area contributed by atoms with E-state index in [0.717, 1.165) is 5.69 Å². The minimum Gasteiger partial charge on any atom is -0.493 e. The lowest BCUT2D eigenvalue weighted by Gasteiger charge is -2.18. The molecule has 0 bridgehead atoms. The molecular formula is C15H23NO5. The van der Waals surface area contributed by atoms with Crippen molar-refractivity contribution in [2.75, 3.05) is 33.3 Å². The molecule has 0 aliphatic rings. The average molecular weight is 297 g/mol. The fourth-order valence-corrected chi connectivity index (χ4v) is 1.97. The fourth-order valence-electron chi connectivity index (χ4n) is 1.97. The summed E-state index contributed by atoms with van der Waals surface area (Å²) in [6.07, 6.45) is 0.282. The van der Waals surface area contributed by atoms with Crippen LogP contribution in [0.1, 0.15) is 20.3 Å². The van der Waals surface area contributed by atoms with Gasteiger partial charge in [-0.05, 0) is 13.8 Å². The molecule has 0 saturated carbocycles. The molecule has 1 aromatic rings. The highest BCUT2D eigenvalue weighted by Crippen LogP contribution is 2.40. The average Bonchev–Trinajstić information content (AvgIpc) is 2.45. The van der Waals surface area contributed by atoms with E-state index < -0.39 is 0 Å². The van der Waals surface area contributed by atoms with Crippen LogP contribution in [0.4, 0.5) is 5.69 Å². The van der Waals surface area contributed by atoms with Gasteiger partial charge in [0.15, 0.2) is 11.5 Å². The van der Waals surface area contributed by atoms with Gasteiger partial charge in [0.05, 0.1) is 34.4 Å². The van der Waals surface area contributed by atoms with Crippen molar-refractivity contribution >= 4 is 11.7 Å². The van der Waals surface area contributed by atoms with Gasteiger partial charge in [-0.3, -0.25) is 4.79 Å². The predicted molar refractivity (Wildman–Crippen MR) is 80.4 cm³/mol. The van der Waals surface area contributed by atoms with Crippen LogP contribution in [-0.2, 0) is 9.53 Å². The van der Waals surface area contributed by atoms with Crippen LogP contribution in [0, 0.1) is 0 Å². The SMILES string of the molecule is CCOC(=O)CC(C)Nc1cc(OC)c(OC)c(OC)c1. The topological polar surface area (TPSA) is 66.0 Å². The molecule has 0 spiro atoms. The van der Waals surface area contributed by atoms with Crippen molar-refractivity contribution in [3.8, 4) is 17.2 Å². The smallest absolute Gasteiger partial charge is 0.307 e. The summed E-state index contributed by atoms with van der Waals surface area (Å²) in [6.45, 7) is 4.07. The van der Waals surface area contributed by atoms with Crippen LogP contribution < -0.4 is 19.5 Å². The quantitative estimate of drug-likeness (QED) is 0.744. The summed E-state index contributed by atoms with van der Waals surface area (Å²) in [6, 6.07) is 3.51. The molecule has 1 atom stereocenters. The van der Waals surface area contributed by atoms with E-state index in [2.05, 4.69) is 5.32 Å². The number of rotatable bonds is 8. The van der Waals surface area contributed by atoms with Crippen molar-refractivity contribution in [1.29, 1.82) is 0 Å². The summed E-state index contributed by atoms with van der Waals surface area (Å²) in [5, 5.41) is 3.22. The van der Waals surface area contributed by atoms with Gasteiger partial charge in [0.2, 0.25) is 5.75 Å². The lowest BCUT2D eigenvalue weighted by Crippen LogP contribution is -2.21. The molecular weight excluding hydrogens is 274 g/mol. The standard InChI is InChI=1S/C15H23NO5/c1-6-21-14(17)7-10(2)16-11-8-12(18-3)15(20-5)13(9-11)19-4/h8-10,16H,6-7H2,1-5H3. The predicted octanol–water partition coefficient (Wildman–Crippen LogP) is 2.47. The minimum absolute atomic E-state index is 0.0770. The maximum Gasteiger partial charge on any atom is 0.307 e. The molecule has 1 aromatic carbocycles. The van der Waals surface area contributed by atoms with Crippen LogP contribution >= 0.6 is 0 Å². The monoisotopic (exact) mass is 297 g/mol. The Kier molecular flexibility index (Phi) is 6.65. The van der Waals surface area contributed by atoms with Crippen molar-refractivity contribution in [2.24, 2.45) is 0 Å². The Labute approximate surface area is 125 Å². The Hall–Kier alpha value is -2.11. The molecule has 0 aliphatic carbocycles. The Bertz CT molecular complexity index is 450. The summed E-state index contributed by atoms with van der Waals surface area (Å²) < 4.78 is 20.8. The number of carbonyl (C=O) groups excluding carboxylic acids is 1. The van der Waals surface area contributed by atoms with Crippen LogP contribution in [0.2, 0.25) is 0 Å². The van der Waals surface area contributed by atoms with E-state index in [-0.39, 0.29) is 18.4 Å². The van der Waals surface area contributed by atoms with Gasteiger partial charge in [-0.25, -0.2) is 0 Å². The van der Waals surface area contributed by atoms with E-state index >= 15 is 0 Å². The zero-order valence-corrected chi connectivity index (χ0v) is 13.2. The van der Waals surface area contributed by atoms with Gasteiger partial charge in [-0.15, -0.1) is 0 Å². The van der Waals surface area contributed by atoms with Crippen LogP contribution in [0.5, 0.6) is 17.2 Å². The highest BCUT2D eigenvalue weighted by Gasteiger charge is 2.15. The molecule has 0 aliphatic heterocycles. The van der Waals surface area contributed by atoms with Gasteiger partial charge in [-0.2, -0.15) is 0 Å². The van der Waals surface area contributed by atoms with Crippen LogP contribution in [-0.4, -0.2) is 39.9 Å². The second-order valence-electron chi connectivity index (χ2n) is 4.47. The molecule has 0 heterocycles. The number of anilines is 1. The van der Waals surface area contributed by atoms with E-state index in [1.54, 1.807) is 40.4 Å². The zero-order chi connectivity index (χ0) is 15.8. The van der Waals surface area contributed by atoms with Crippen molar-refractivity contribution in [3.63, 3.8) is 0 Å². The number of nitrogens with one attached hydrogen (secondary N) is 1. The summed E-state index contributed by atoms with van der Waals surface area (Å²) in [4.78, 5) is 11.5. The lowest BCUT2D eigenvalue weighted by atomic mass is 10.2. The maximum absolute atomic E-state index is 11.5. The maximum atomic E-state index is 11.5. The van der Waals surface area contributed by atoms with E-state index in [0.29, 0.717) is 23.9 Å². The molecule has 118 valence electrons. The summed E-state index contributed by atoms with van der Waals surface area (Å²) in [5.74, 6) is 1.42. The molecule has 6 heteroatoms. The molecule has 1 N–H and O–H groups in total. The van der Waals surface area contributed by atoms with Gasteiger partial charge >= 0.3 is 5.97 Å². The van der Waals surface area contributed by atoms with Crippen molar-refractivity contribution < 1.29 is 23.7 Å².